The Bertz CT molecular complexity index is 543. The lowest BCUT2D eigenvalue weighted by Gasteiger charge is -2.39. The lowest BCUT2D eigenvalue weighted by atomic mass is 9.91. The van der Waals surface area contributed by atoms with Crippen molar-refractivity contribution in [3.8, 4) is 0 Å². The van der Waals surface area contributed by atoms with E-state index in [0.29, 0.717) is 6.04 Å². The van der Waals surface area contributed by atoms with Gasteiger partial charge in [0.15, 0.2) is 0 Å². The third kappa shape index (κ3) is 3.78. The lowest BCUT2D eigenvalue weighted by Crippen LogP contribution is -2.38. The van der Waals surface area contributed by atoms with Crippen LogP contribution in [0.15, 0.2) is 60.7 Å². The highest BCUT2D eigenvalue weighted by atomic mass is 15.2. The van der Waals surface area contributed by atoms with Crippen molar-refractivity contribution in [1.82, 2.24) is 4.90 Å². The Kier molecular flexibility index (Phi) is 5.29. The normalized spacial score (nSPS) is 17.5. The topological polar surface area (TPSA) is 3.24 Å². The Balaban J connectivity index is 1.81. The first kappa shape index (κ1) is 15.3. The molecular formula is C21H27N. The Morgan fingerprint density at radius 3 is 2.09 bits per heavy atom. The number of benzene rings is 2. The standard InChI is InChI=1S/C21H27N/c1-18(20-13-7-3-8-14-20)22(21-15-9-4-10-16-21)17-19-11-5-2-6-12-19/h2-3,5-8,11-14,18,21H,4,9-10,15-17H2,1H3/t18-/m0/s1. The molecule has 116 valence electrons. The van der Waals surface area contributed by atoms with Gasteiger partial charge in [-0.1, -0.05) is 79.9 Å². The Hall–Kier alpha value is -1.60. The van der Waals surface area contributed by atoms with Crippen LogP contribution in [0.4, 0.5) is 0 Å². The van der Waals surface area contributed by atoms with Gasteiger partial charge in [-0.2, -0.15) is 0 Å². The molecule has 1 aliphatic rings. The molecule has 1 aliphatic carbocycles. The molecule has 0 spiro atoms. The van der Waals surface area contributed by atoms with Crippen molar-refractivity contribution < 1.29 is 0 Å². The third-order valence-corrected chi connectivity index (χ3v) is 5.03. The molecule has 0 saturated heterocycles. The van der Waals surface area contributed by atoms with Crippen molar-refractivity contribution in [2.24, 2.45) is 0 Å². The molecule has 0 aromatic heterocycles. The fourth-order valence-corrected chi connectivity index (χ4v) is 3.71. The van der Waals surface area contributed by atoms with Crippen molar-refractivity contribution in [3.63, 3.8) is 0 Å². The van der Waals surface area contributed by atoms with E-state index in [0.717, 1.165) is 12.6 Å². The smallest absolute Gasteiger partial charge is 0.0326 e. The molecule has 2 aromatic rings. The average Bonchev–Trinajstić information content (AvgIpc) is 2.61. The summed E-state index contributed by atoms with van der Waals surface area (Å²) in [6.07, 6.45) is 6.89. The van der Waals surface area contributed by atoms with Crippen molar-refractivity contribution in [1.29, 1.82) is 0 Å². The van der Waals surface area contributed by atoms with E-state index in [1.165, 1.54) is 43.2 Å². The van der Waals surface area contributed by atoms with E-state index in [1.807, 2.05) is 0 Å². The maximum atomic E-state index is 2.73. The fraction of sp³-hybridized carbons (Fsp3) is 0.429. The van der Waals surface area contributed by atoms with Gasteiger partial charge in [-0.3, -0.25) is 4.90 Å². The molecule has 3 rings (SSSR count). The quantitative estimate of drug-likeness (QED) is 0.695. The molecule has 1 heteroatoms. The van der Waals surface area contributed by atoms with E-state index in [9.17, 15) is 0 Å². The molecule has 0 N–H and O–H groups in total. The van der Waals surface area contributed by atoms with Gasteiger partial charge in [0.25, 0.3) is 0 Å². The zero-order chi connectivity index (χ0) is 15.2. The minimum absolute atomic E-state index is 0.476. The van der Waals surface area contributed by atoms with Gasteiger partial charge >= 0.3 is 0 Å². The van der Waals surface area contributed by atoms with Crippen molar-refractivity contribution in [3.05, 3.63) is 71.8 Å². The van der Waals surface area contributed by atoms with Crippen LogP contribution in [0.2, 0.25) is 0 Å². The molecule has 1 saturated carbocycles. The summed E-state index contributed by atoms with van der Waals surface area (Å²) in [5, 5.41) is 0. The summed E-state index contributed by atoms with van der Waals surface area (Å²) in [5.41, 5.74) is 2.86. The van der Waals surface area contributed by atoms with Crippen molar-refractivity contribution in [2.75, 3.05) is 0 Å². The summed E-state index contributed by atoms with van der Waals surface area (Å²) in [7, 11) is 0. The Labute approximate surface area is 135 Å². The van der Waals surface area contributed by atoms with Gasteiger partial charge in [0.1, 0.15) is 0 Å². The van der Waals surface area contributed by atoms with Crippen LogP contribution in [0.1, 0.15) is 56.2 Å². The molecule has 22 heavy (non-hydrogen) atoms. The first-order valence-corrected chi connectivity index (χ1v) is 8.69. The summed E-state index contributed by atoms with van der Waals surface area (Å²) in [6, 6.07) is 23.1. The first-order chi connectivity index (χ1) is 10.8. The third-order valence-electron chi connectivity index (χ3n) is 5.03. The second kappa shape index (κ2) is 7.60. The van der Waals surface area contributed by atoms with E-state index in [1.54, 1.807) is 0 Å². The van der Waals surface area contributed by atoms with E-state index in [-0.39, 0.29) is 0 Å². The highest BCUT2D eigenvalue weighted by Gasteiger charge is 2.26. The second-order valence-corrected chi connectivity index (χ2v) is 6.54. The monoisotopic (exact) mass is 293 g/mol. The molecule has 1 atom stereocenters. The second-order valence-electron chi connectivity index (χ2n) is 6.54. The SMILES string of the molecule is C[C@@H](c1ccccc1)N(Cc1ccccc1)C1CCCCC1. The van der Waals surface area contributed by atoms with Crippen LogP contribution < -0.4 is 0 Å². The van der Waals surface area contributed by atoms with Crippen LogP contribution in [0.5, 0.6) is 0 Å². The molecule has 1 nitrogen and oxygen atoms in total. The van der Waals surface area contributed by atoms with Gasteiger partial charge in [-0.05, 0) is 30.9 Å². The van der Waals surface area contributed by atoms with Crippen LogP contribution >= 0.6 is 0 Å². The van der Waals surface area contributed by atoms with Gasteiger partial charge in [0.2, 0.25) is 0 Å². The maximum absolute atomic E-state index is 2.73. The van der Waals surface area contributed by atoms with Gasteiger partial charge in [0, 0.05) is 18.6 Å². The van der Waals surface area contributed by atoms with E-state index in [4.69, 9.17) is 0 Å². The number of hydrogen-bond acceptors (Lipinski definition) is 1. The van der Waals surface area contributed by atoms with Crippen molar-refractivity contribution in [2.45, 2.75) is 57.7 Å². The van der Waals surface area contributed by atoms with Crippen LogP contribution in [0.25, 0.3) is 0 Å². The summed E-state index contributed by atoms with van der Waals surface area (Å²) < 4.78 is 0. The highest BCUT2D eigenvalue weighted by Crippen LogP contribution is 2.31. The molecule has 0 radical (unpaired) electrons. The number of rotatable bonds is 5. The minimum Gasteiger partial charge on any atom is -0.289 e. The predicted molar refractivity (Wildman–Crippen MR) is 93.7 cm³/mol. The predicted octanol–water partition coefficient (Wildman–Crippen LogP) is 5.58. The van der Waals surface area contributed by atoms with Crippen LogP contribution in [-0.2, 0) is 6.54 Å². The van der Waals surface area contributed by atoms with Crippen LogP contribution in [0.3, 0.4) is 0 Å². The summed E-state index contributed by atoms with van der Waals surface area (Å²) in [4.78, 5) is 2.73. The summed E-state index contributed by atoms with van der Waals surface area (Å²) in [5.74, 6) is 0. The van der Waals surface area contributed by atoms with Crippen LogP contribution in [-0.4, -0.2) is 10.9 Å². The van der Waals surface area contributed by atoms with Gasteiger partial charge in [-0.15, -0.1) is 0 Å². The summed E-state index contributed by atoms with van der Waals surface area (Å²) in [6.45, 7) is 3.43. The van der Waals surface area contributed by atoms with Crippen molar-refractivity contribution >= 4 is 0 Å². The first-order valence-electron chi connectivity index (χ1n) is 8.69. The minimum atomic E-state index is 0.476. The van der Waals surface area contributed by atoms with Gasteiger partial charge in [0.05, 0.1) is 0 Å². The molecule has 0 unspecified atom stereocenters. The average molecular weight is 293 g/mol. The highest BCUT2D eigenvalue weighted by molar-refractivity contribution is 5.20. The zero-order valence-electron chi connectivity index (χ0n) is 13.6. The Morgan fingerprint density at radius 1 is 0.864 bits per heavy atom. The molecule has 0 amide bonds. The van der Waals surface area contributed by atoms with Gasteiger partial charge < -0.3 is 0 Å². The summed E-state index contributed by atoms with van der Waals surface area (Å²) >= 11 is 0. The van der Waals surface area contributed by atoms with E-state index >= 15 is 0 Å². The Morgan fingerprint density at radius 2 is 1.45 bits per heavy atom. The lowest BCUT2D eigenvalue weighted by molar-refractivity contribution is 0.103. The van der Waals surface area contributed by atoms with E-state index in [2.05, 4.69) is 72.5 Å². The molecule has 0 aliphatic heterocycles. The molecule has 0 heterocycles. The van der Waals surface area contributed by atoms with Crippen LogP contribution in [0, 0.1) is 0 Å². The molecule has 1 fully saturated rings. The van der Waals surface area contributed by atoms with Gasteiger partial charge in [-0.25, -0.2) is 0 Å². The largest absolute Gasteiger partial charge is 0.289 e. The number of hydrogen-bond donors (Lipinski definition) is 0. The number of nitrogens with zero attached hydrogens (tertiary/aromatic N) is 1. The molecule has 2 aromatic carbocycles. The fourth-order valence-electron chi connectivity index (χ4n) is 3.71. The zero-order valence-corrected chi connectivity index (χ0v) is 13.6. The molecule has 0 bridgehead atoms. The molecular weight excluding hydrogens is 266 g/mol. The van der Waals surface area contributed by atoms with E-state index < -0.39 is 0 Å². The maximum Gasteiger partial charge on any atom is 0.0326 e.